The second-order valence-corrected chi connectivity index (χ2v) is 6.55. The van der Waals surface area contributed by atoms with E-state index in [1.54, 1.807) is 12.5 Å². The summed E-state index contributed by atoms with van der Waals surface area (Å²) in [6, 6.07) is -0.152. The first-order chi connectivity index (χ1) is 10.3. The zero-order chi connectivity index (χ0) is 14.9. The van der Waals surface area contributed by atoms with E-state index in [1.165, 1.54) is 0 Å². The maximum absolute atomic E-state index is 12.7. The predicted octanol–water partition coefficient (Wildman–Crippen LogP) is 1.74. The largest absolute Gasteiger partial charge is 0.396 e. The van der Waals surface area contributed by atoms with E-state index in [2.05, 4.69) is 11.2 Å². The van der Waals surface area contributed by atoms with Crippen molar-refractivity contribution in [2.45, 2.75) is 38.1 Å². The van der Waals surface area contributed by atoms with Crippen molar-refractivity contribution in [3.05, 3.63) is 18.7 Å². The number of imidazole rings is 1. The fraction of sp³-hybridized carbons (Fsp3) is 0.733. The van der Waals surface area contributed by atoms with Gasteiger partial charge < -0.3 is 14.6 Å². The second kappa shape index (κ2) is 9.10. The summed E-state index contributed by atoms with van der Waals surface area (Å²) in [5, 5.41) is 8.80. The summed E-state index contributed by atoms with van der Waals surface area (Å²) in [6.45, 7) is 1.95. The Bertz CT molecular complexity index is 405. The van der Waals surface area contributed by atoms with Crippen molar-refractivity contribution in [1.82, 2.24) is 14.5 Å². The number of unbranched alkanes of at least 4 members (excludes halogenated alkanes) is 3. The molecular formula is C15H24N3O2S. The molecule has 0 aromatic carbocycles. The Morgan fingerprint density at radius 1 is 1.29 bits per heavy atom. The van der Waals surface area contributed by atoms with Gasteiger partial charge in [-0.25, -0.2) is 4.98 Å². The number of carbonyl (C=O) groups is 1. The number of aliphatic hydroxyl groups is 1. The van der Waals surface area contributed by atoms with Gasteiger partial charge in [0.05, 0.1) is 6.33 Å². The smallest absolute Gasteiger partial charge is 0.245 e. The van der Waals surface area contributed by atoms with Crippen LogP contribution in [0, 0.1) is 6.20 Å². The van der Waals surface area contributed by atoms with E-state index in [0.29, 0.717) is 0 Å². The monoisotopic (exact) mass is 310 g/mol. The number of thioether (sulfide) groups is 1. The van der Waals surface area contributed by atoms with E-state index >= 15 is 0 Å². The Labute approximate surface area is 130 Å². The molecule has 1 saturated heterocycles. The molecule has 0 spiro atoms. The molecule has 117 valence electrons. The molecule has 0 saturated carbocycles. The molecule has 2 heterocycles. The van der Waals surface area contributed by atoms with Gasteiger partial charge in [0.2, 0.25) is 5.91 Å². The molecule has 1 N–H and O–H groups in total. The molecular weight excluding hydrogens is 286 g/mol. The lowest BCUT2D eigenvalue weighted by atomic mass is 10.1. The summed E-state index contributed by atoms with van der Waals surface area (Å²) in [6.07, 6.45) is 11.0. The van der Waals surface area contributed by atoms with E-state index in [1.807, 2.05) is 21.2 Å². The molecule has 1 aromatic heterocycles. The Kier molecular flexibility index (Phi) is 7.09. The van der Waals surface area contributed by atoms with Crippen molar-refractivity contribution in [3.63, 3.8) is 0 Å². The quantitative estimate of drug-likeness (QED) is 0.743. The lowest BCUT2D eigenvalue weighted by Crippen LogP contribution is -2.42. The number of hydrogen-bond acceptors (Lipinski definition) is 4. The summed E-state index contributed by atoms with van der Waals surface area (Å²) in [7, 11) is 0. The highest BCUT2D eigenvalue weighted by Crippen LogP contribution is 2.21. The topological polar surface area (TPSA) is 58.4 Å². The Balaban J connectivity index is 1.90. The van der Waals surface area contributed by atoms with Gasteiger partial charge in [0.15, 0.2) is 0 Å². The predicted molar refractivity (Wildman–Crippen MR) is 84.2 cm³/mol. The third-order valence-corrected chi connectivity index (χ3v) is 4.77. The molecule has 0 aliphatic carbocycles. The minimum absolute atomic E-state index is 0.152. The summed E-state index contributed by atoms with van der Waals surface area (Å²) >= 11 is 1.91. The SMILES string of the molecule is O=C(C(CCCCCCO)n1c[c]nc1)N1CCSCC1. The highest BCUT2D eigenvalue weighted by molar-refractivity contribution is 7.99. The highest BCUT2D eigenvalue weighted by Gasteiger charge is 2.26. The normalized spacial score (nSPS) is 16.9. The van der Waals surface area contributed by atoms with Gasteiger partial charge in [-0.2, -0.15) is 11.8 Å². The van der Waals surface area contributed by atoms with Crippen LogP contribution < -0.4 is 0 Å². The Morgan fingerprint density at radius 3 is 2.71 bits per heavy atom. The van der Waals surface area contributed by atoms with Crippen molar-refractivity contribution in [3.8, 4) is 0 Å². The third kappa shape index (κ3) is 5.04. The molecule has 6 heteroatoms. The molecule has 0 bridgehead atoms. The van der Waals surface area contributed by atoms with E-state index < -0.39 is 0 Å². The molecule has 1 fully saturated rings. The standard InChI is InChI=1S/C15H24N3O2S/c19-10-4-2-1-3-5-14(18-7-6-16-13-18)15(20)17-8-11-21-12-9-17/h7,13-14,19H,1-5,8-12H2. The van der Waals surface area contributed by atoms with Crippen molar-refractivity contribution < 1.29 is 9.90 Å². The van der Waals surface area contributed by atoms with E-state index in [9.17, 15) is 4.79 Å². The van der Waals surface area contributed by atoms with Gasteiger partial charge >= 0.3 is 0 Å². The molecule has 1 aliphatic heterocycles. The van der Waals surface area contributed by atoms with Crippen molar-refractivity contribution in [2.24, 2.45) is 0 Å². The maximum atomic E-state index is 12.7. The summed E-state index contributed by atoms with van der Waals surface area (Å²) in [5.41, 5.74) is 0. The molecule has 2 rings (SSSR count). The van der Waals surface area contributed by atoms with Gasteiger partial charge in [-0.1, -0.05) is 19.3 Å². The first-order valence-electron chi connectivity index (χ1n) is 7.70. The summed E-state index contributed by atoms with van der Waals surface area (Å²) in [4.78, 5) is 18.7. The molecule has 21 heavy (non-hydrogen) atoms. The molecule has 1 atom stereocenters. The van der Waals surface area contributed by atoms with Gasteiger partial charge in [0.1, 0.15) is 12.2 Å². The minimum Gasteiger partial charge on any atom is -0.396 e. The van der Waals surface area contributed by atoms with Gasteiger partial charge in [-0.05, 0) is 12.8 Å². The van der Waals surface area contributed by atoms with Gasteiger partial charge in [-0.15, -0.1) is 0 Å². The van der Waals surface area contributed by atoms with Crippen LogP contribution in [0.4, 0.5) is 0 Å². The fourth-order valence-electron chi connectivity index (χ4n) is 2.60. The van der Waals surface area contributed by atoms with Crippen LogP contribution in [-0.4, -0.2) is 56.7 Å². The first-order valence-corrected chi connectivity index (χ1v) is 8.85. The van der Waals surface area contributed by atoms with Crippen LogP contribution in [-0.2, 0) is 4.79 Å². The average molecular weight is 310 g/mol. The van der Waals surface area contributed by atoms with Crippen LogP contribution in [0.3, 0.4) is 0 Å². The van der Waals surface area contributed by atoms with E-state index in [-0.39, 0.29) is 18.6 Å². The Hall–Kier alpha value is -1.01. The van der Waals surface area contributed by atoms with Crippen LogP contribution >= 0.6 is 11.8 Å². The van der Waals surface area contributed by atoms with Crippen LogP contribution in [0.2, 0.25) is 0 Å². The number of carbonyl (C=O) groups excluding carboxylic acids is 1. The van der Waals surface area contributed by atoms with Gasteiger partial charge in [0.25, 0.3) is 0 Å². The van der Waals surface area contributed by atoms with Crippen molar-refractivity contribution >= 4 is 17.7 Å². The summed E-state index contributed by atoms with van der Waals surface area (Å²) in [5.74, 6) is 2.28. The van der Waals surface area contributed by atoms with Gasteiger partial charge in [0, 0.05) is 37.4 Å². The highest BCUT2D eigenvalue weighted by atomic mass is 32.2. The van der Waals surface area contributed by atoms with E-state index in [4.69, 9.17) is 5.11 Å². The number of nitrogens with zero attached hydrogens (tertiary/aromatic N) is 3. The lowest BCUT2D eigenvalue weighted by Gasteiger charge is -2.30. The van der Waals surface area contributed by atoms with Crippen molar-refractivity contribution in [1.29, 1.82) is 0 Å². The summed E-state index contributed by atoms with van der Waals surface area (Å²) < 4.78 is 1.89. The maximum Gasteiger partial charge on any atom is 0.245 e. The van der Waals surface area contributed by atoms with Crippen LogP contribution in [0.25, 0.3) is 0 Å². The second-order valence-electron chi connectivity index (χ2n) is 5.33. The van der Waals surface area contributed by atoms with Crippen LogP contribution in [0.15, 0.2) is 12.5 Å². The molecule has 1 radical (unpaired) electrons. The first kappa shape index (κ1) is 16.4. The zero-order valence-electron chi connectivity index (χ0n) is 12.4. The number of aliphatic hydroxyl groups excluding tert-OH is 1. The zero-order valence-corrected chi connectivity index (χ0v) is 13.2. The lowest BCUT2D eigenvalue weighted by molar-refractivity contribution is -0.134. The van der Waals surface area contributed by atoms with Gasteiger partial charge in [-0.3, -0.25) is 4.79 Å². The molecule has 5 nitrogen and oxygen atoms in total. The van der Waals surface area contributed by atoms with Crippen molar-refractivity contribution in [2.75, 3.05) is 31.2 Å². The molecule has 1 amide bonds. The fourth-order valence-corrected chi connectivity index (χ4v) is 3.50. The van der Waals surface area contributed by atoms with Crippen LogP contribution in [0.5, 0.6) is 0 Å². The number of aromatic nitrogens is 2. The number of amides is 1. The van der Waals surface area contributed by atoms with E-state index in [0.717, 1.165) is 56.7 Å². The molecule has 1 aromatic rings. The number of hydrogen-bond donors (Lipinski definition) is 1. The number of rotatable bonds is 8. The molecule has 1 aliphatic rings. The van der Waals surface area contributed by atoms with Crippen LogP contribution in [0.1, 0.15) is 38.1 Å². The Morgan fingerprint density at radius 2 is 2.05 bits per heavy atom. The average Bonchev–Trinajstić information content (AvgIpc) is 3.05. The molecule has 1 unspecified atom stereocenters. The minimum atomic E-state index is -0.152. The third-order valence-electron chi connectivity index (χ3n) is 3.83.